The molecule has 0 aliphatic heterocycles. The standard InChI is InChI=1S/C48H30.C42H28.C34H22/c1-3-9-33-25-35(15-13-31(33)7-1)36-17-18-38-28-40(20-19-37(38)27-36)42-22-24-46-45-23-21-41(39-16-14-32-8-2-4-10-34(32)26-39)29-47(45)43-11-5-6-12-44(43)48(46)30-42;1-3-11-29(12-4-1)31-15-9-17-33(25-31)35-21-23-39-40-24-22-36(28-42(40)38-20-8-7-19-37(38)41(39)27-35)34-18-10-16-32(26-34)30-13-5-2-6-14-30;1-2-8-23(9-3-1)25-16-14-24-15-17-26(21-28(24)20-25)27-18-19-33-31-12-5-4-10-29(31)30-11-6-7-13-32(30)34(33)22-27/h1-30H;1-28H;1-22H. The molecule has 25 aromatic rings. The molecule has 0 heteroatoms. The zero-order valence-electron chi connectivity index (χ0n) is 68.2. The molecule has 0 fully saturated rings. The first kappa shape index (κ1) is 73.1. The Labute approximate surface area is 720 Å². The van der Waals surface area contributed by atoms with Crippen molar-refractivity contribution >= 4 is 140 Å². The Kier molecular flexibility index (Phi) is 18.4. The van der Waals surface area contributed by atoms with Gasteiger partial charge in [-0.1, -0.05) is 406 Å². The smallest absolute Gasteiger partial charge is 0.00928 e. The van der Waals surface area contributed by atoms with Crippen molar-refractivity contribution < 1.29 is 0 Å². The van der Waals surface area contributed by atoms with Gasteiger partial charge in [-0.25, -0.2) is 0 Å². The molecule has 0 unspecified atom stereocenters. The lowest BCUT2D eigenvalue weighted by Gasteiger charge is -2.14. The molecule has 0 atom stereocenters. The summed E-state index contributed by atoms with van der Waals surface area (Å²) in [5.41, 5.74) is 22.3. The van der Waals surface area contributed by atoms with Crippen LogP contribution in [0.15, 0.2) is 485 Å². The lowest BCUT2D eigenvalue weighted by molar-refractivity contribution is 1.60. The van der Waals surface area contributed by atoms with Crippen molar-refractivity contribution in [1.82, 2.24) is 0 Å². The highest BCUT2D eigenvalue weighted by molar-refractivity contribution is 6.29. The minimum absolute atomic E-state index is 1.23. The van der Waals surface area contributed by atoms with Gasteiger partial charge in [0.15, 0.2) is 0 Å². The van der Waals surface area contributed by atoms with Crippen molar-refractivity contribution in [1.29, 1.82) is 0 Å². The quantitative estimate of drug-likeness (QED) is 0.126. The molecule has 25 aromatic carbocycles. The maximum Gasteiger partial charge on any atom is -0.00928 e. The van der Waals surface area contributed by atoms with Gasteiger partial charge in [0.25, 0.3) is 0 Å². The first-order valence-electron chi connectivity index (χ1n) is 43.0. The summed E-state index contributed by atoms with van der Waals surface area (Å²) >= 11 is 0. The van der Waals surface area contributed by atoms with Crippen LogP contribution in [0, 0.1) is 0 Å². The maximum absolute atomic E-state index is 2.39. The van der Waals surface area contributed by atoms with E-state index in [1.165, 1.54) is 240 Å². The van der Waals surface area contributed by atoms with Crippen LogP contribution in [0.5, 0.6) is 0 Å². The van der Waals surface area contributed by atoms with Gasteiger partial charge in [0.05, 0.1) is 0 Å². The molecule has 0 amide bonds. The molecule has 0 saturated carbocycles. The van der Waals surface area contributed by atoms with Gasteiger partial charge in [0.1, 0.15) is 0 Å². The van der Waals surface area contributed by atoms with Crippen LogP contribution in [-0.4, -0.2) is 0 Å². The second-order valence-corrected chi connectivity index (χ2v) is 32.9. The van der Waals surface area contributed by atoms with Gasteiger partial charge in [-0.15, -0.1) is 0 Å². The third-order valence-corrected chi connectivity index (χ3v) is 25.6. The summed E-state index contributed by atoms with van der Waals surface area (Å²) in [7, 11) is 0. The van der Waals surface area contributed by atoms with Crippen LogP contribution in [-0.2, 0) is 0 Å². The molecule has 0 aromatic heterocycles. The molecule has 0 saturated heterocycles. The summed E-state index contributed by atoms with van der Waals surface area (Å²) in [5, 5.41) is 33.5. The summed E-state index contributed by atoms with van der Waals surface area (Å²) in [4.78, 5) is 0. The molecule has 0 aliphatic rings. The van der Waals surface area contributed by atoms with Crippen molar-refractivity contribution in [3.63, 3.8) is 0 Å². The predicted octanol–water partition coefficient (Wildman–Crippen LogP) is 35.1. The SMILES string of the molecule is c1ccc(-c2ccc3ccc(-c4ccc5c6ccccc6c6ccccc6c5c4)cc3c2)cc1.c1ccc(-c2cccc(-c3ccc4c5ccc(-c6cccc(-c7ccccc7)c6)cc5c5ccccc5c4c3)c2)cc1.c1ccc2cc(-c3ccc4cc(-c5ccc6c7ccc(-c8ccc9ccccc9c8)cc7c7ccccc7c6c5)ccc4c3)ccc2c1. The Morgan fingerprint density at radius 1 is 0.0645 bits per heavy atom. The third kappa shape index (κ3) is 13.6. The summed E-state index contributed by atoms with van der Waals surface area (Å²) in [6.07, 6.45) is 0. The Balaban J connectivity index is 0.000000109. The molecular formula is C124H80. The molecular weight excluding hydrogens is 1490 g/mol. The lowest BCUT2D eigenvalue weighted by Crippen LogP contribution is -1.87. The highest BCUT2D eigenvalue weighted by atomic mass is 14.2. The number of hydrogen-bond acceptors (Lipinski definition) is 0. The number of fused-ring (bicyclic) bond motifs is 22. The maximum atomic E-state index is 2.39. The van der Waals surface area contributed by atoms with Crippen molar-refractivity contribution in [3.8, 4) is 100 Å². The largest absolute Gasteiger partial charge is 0.0622 e. The normalized spacial score (nSPS) is 11.5. The fraction of sp³-hybridized carbons (Fsp3) is 0. The highest BCUT2D eigenvalue weighted by Crippen LogP contribution is 2.45. The van der Waals surface area contributed by atoms with E-state index in [0.29, 0.717) is 0 Å². The second kappa shape index (κ2) is 31.2. The number of rotatable bonds is 9. The average Bonchev–Trinajstić information content (AvgIpc) is 0.743. The van der Waals surface area contributed by atoms with E-state index >= 15 is 0 Å². The molecule has 0 radical (unpaired) electrons. The second-order valence-electron chi connectivity index (χ2n) is 32.9. The highest BCUT2D eigenvalue weighted by Gasteiger charge is 2.18. The van der Waals surface area contributed by atoms with E-state index < -0.39 is 0 Å². The van der Waals surface area contributed by atoms with Crippen molar-refractivity contribution in [2.45, 2.75) is 0 Å². The van der Waals surface area contributed by atoms with Crippen LogP contribution in [0.2, 0.25) is 0 Å². The minimum atomic E-state index is 1.23. The summed E-state index contributed by atoms with van der Waals surface area (Å²) in [6, 6.07) is 178. The van der Waals surface area contributed by atoms with Crippen LogP contribution >= 0.6 is 0 Å². The van der Waals surface area contributed by atoms with Gasteiger partial charge in [-0.3, -0.25) is 0 Å². The molecule has 0 N–H and O–H groups in total. The van der Waals surface area contributed by atoms with E-state index in [1.54, 1.807) is 0 Å². The van der Waals surface area contributed by atoms with Gasteiger partial charge in [0.2, 0.25) is 0 Å². The fourth-order valence-electron chi connectivity index (χ4n) is 19.3. The van der Waals surface area contributed by atoms with E-state index in [0.717, 1.165) is 0 Å². The van der Waals surface area contributed by atoms with Gasteiger partial charge in [0, 0.05) is 0 Å². The van der Waals surface area contributed by atoms with Gasteiger partial charge in [-0.05, 0) is 319 Å². The van der Waals surface area contributed by atoms with Crippen molar-refractivity contribution in [2.24, 2.45) is 0 Å². The molecule has 0 bridgehead atoms. The zero-order chi connectivity index (χ0) is 82.0. The van der Waals surface area contributed by atoms with E-state index in [1.807, 2.05) is 0 Å². The van der Waals surface area contributed by atoms with Crippen LogP contribution < -0.4 is 0 Å². The first-order chi connectivity index (χ1) is 61.4. The summed E-state index contributed by atoms with van der Waals surface area (Å²) in [5.74, 6) is 0. The minimum Gasteiger partial charge on any atom is -0.0622 e. The van der Waals surface area contributed by atoms with E-state index in [9.17, 15) is 0 Å². The summed E-state index contributed by atoms with van der Waals surface area (Å²) in [6.45, 7) is 0. The topological polar surface area (TPSA) is 0 Å². The molecule has 0 heterocycles. The van der Waals surface area contributed by atoms with Gasteiger partial charge >= 0.3 is 0 Å². The Morgan fingerprint density at radius 2 is 0.218 bits per heavy atom. The zero-order valence-corrected chi connectivity index (χ0v) is 68.2. The molecule has 124 heavy (non-hydrogen) atoms. The van der Waals surface area contributed by atoms with Gasteiger partial charge in [-0.2, -0.15) is 0 Å². The molecule has 576 valence electrons. The average molecular weight is 1570 g/mol. The monoisotopic (exact) mass is 1570 g/mol. The van der Waals surface area contributed by atoms with E-state index in [-0.39, 0.29) is 0 Å². The molecule has 25 rings (SSSR count). The lowest BCUT2D eigenvalue weighted by atomic mass is 9.90. The Morgan fingerprint density at radius 3 is 0.492 bits per heavy atom. The Hall–Kier alpha value is -16.1. The molecule has 0 aliphatic carbocycles. The third-order valence-electron chi connectivity index (χ3n) is 25.6. The van der Waals surface area contributed by atoms with Gasteiger partial charge < -0.3 is 0 Å². The number of benzene rings is 25. The van der Waals surface area contributed by atoms with Crippen LogP contribution in [0.4, 0.5) is 0 Å². The van der Waals surface area contributed by atoms with Crippen molar-refractivity contribution in [3.05, 3.63) is 485 Å². The van der Waals surface area contributed by atoms with Crippen molar-refractivity contribution in [2.75, 3.05) is 0 Å². The van der Waals surface area contributed by atoms with E-state index in [4.69, 9.17) is 0 Å². The molecule has 0 spiro atoms. The fourth-order valence-corrected chi connectivity index (χ4v) is 19.3. The molecule has 0 nitrogen and oxygen atoms in total. The van der Waals surface area contributed by atoms with Crippen LogP contribution in [0.1, 0.15) is 0 Å². The Bertz CT molecular complexity index is 8290. The van der Waals surface area contributed by atoms with E-state index in [2.05, 4.69) is 485 Å². The summed E-state index contributed by atoms with van der Waals surface area (Å²) < 4.78 is 0. The first-order valence-corrected chi connectivity index (χ1v) is 43.0. The number of hydrogen-bond donors (Lipinski definition) is 0. The van der Waals surface area contributed by atoms with Crippen LogP contribution in [0.3, 0.4) is 0 Å². The van der Waals surface area contributed by atoms with Crippen LogP contribution in [0.25, 0.3) is 240 Å². The predicted molar refractivity (Wildman–Crippen MR) is 536 cm³/mol.